The van der Waals surface area contributed by atoms with Crippen molar-refractivity contribution < 1.29 is 13.6 Å². The SMILES string of the molecule is Cc1oc(-c2ccc(Cl)cc2)cc1C(=O)NC1CCC(Cc2ccc(F)cc2)(N(C)C)CC1. The number of furan rings is 1. The van der Waals surface area contributed by atoms with Crippen LogP contribution in [0.4, 0.5) is 4.39 Å². The summed E-state index contributed by atoms with van der Waals surface area (Å²) in [6.07, 6.45) is 4.58. The standard InChI is InChI=1S/C27H30ClFN2O2/c1-18-24(16-25(33-18)20-6-8-21(28)9-7-20)26(32)30-23-12-14-27(15-13-23,31(2)3)17-19-4-10-22(29)11-5-19/h4-11,16,23H,12-15,17H2,1-3H3,(H,30,32). The number of halogens is 2. The van der Waals surface area contributed by atoms with Crippen molar-refractivity contribution in [2.75, 3.05) is 14.1 Å². The number of benzene rings is 2. The summed E-state index contributed by atoms with van der Waals surface area (Å²) in [7, 11) is 4.21. The fourth-order valence-electron chi connectivity index (χ4n) is 4.79. The summed E-state index contributed by atoms with van der Waals surface area (Å²) < 4.78 is 19.2. The number of hydrogen-bond acceptors (Lipinski definition) is 3. The van der Waals surface area contributed by atoms with Crippen molar-refractivity contribution in [3.8, 4) is 11.3 Å². The Bertz CT molecular complexity index is 1100. The highest BCUT2D eigenvalue weighted by Crippen LogP contribution is 2.36. The molecule has 1 aliphatic carbocycles. The Hall–Kier alpha value is -2.63. The molecule has 0 saturated heterocycles. The molecule has 0 atom stereocenters. The molecule has 3 aromatic rings. The van der Waals surface area contributed by atoms with Gasteiger partial charge < -0.3 is 14.6 Å². The fourth-order valence-corrected chi connectivity index (χ4v) is 4.92. The summed E-state index contributed by atoms with van der Waals surface area (Å²) in [6.45, 7) is 1.81. The molecule has 0 aliphatic heterocycles. The highest BCUT2D eigenvalue weighted by molar-refractivity contribution is 6.30. The number of nitrogens with zero attached hydrogens (tertiary/aromatic N) is 1. The summed E-state index contributed by atoms with van der Waals surface area (Å²) in [5.41, 5.74) is 2.59. The van der Waals surface area contributed by atoms with Gasteiger partial charge in [-0.2, -0.15) is 0 Å². The third-order valence-corrected chi connectivity index (χ3v) is 7.19. The van der Waals surface area contributed by atoms with Crippen LogP contribution in [0.2, 0.25) is 5.02 Å². The summed E-state index contributed by atoms with van der Waals surface area (Å²) >= 11 is 5.97. The van der Waals surface area contributed by atoms with Crippen LogP contribution >= 0.6 is 11.6 Å². The smallest absolute Gasteiger partial charge is 0.255 e. The monoisotopic (exact) mass is 468 g/mol. The normalized spacial score (nSPS) is 20.7. The molecule has 4 nitrogen and oxygen atoms in total. The minimum atomic E-state index is -0.210. The van der Waals surface area contributed by atoms with Crippen LogP contribution in [0.1, 0.15) is 47.4 Å². The maximum Gasteiger partial charge on any atom is 0.255 e. The zero-order chi connectivity index (χ0) is 23.6. The minimum absolute atomic E-state index is 0.00632. The van der Waals surface area contributed by atoms with E-state index >= 15 is 0 Å². The van der Waals surface area contributed by atoms with Crippen LogP contribution < -0.4 is 5.32 Å². The highest BCUT2D eigenvalue weighted by atomic mass is 35.5. The van der Waals surface area contributed by atoms with E-state index in [0.717, 1.165) is 43.2 Å². The maximum atomic E-state index is 13.3. The van der Waals surface area contributed by atoms with Crippen LogP contribution in [0.25, 0.3) is 11.3 Å². The maximum absolute atomic E-state index is 13.3. The van der Waals surface area contributed by atoms with Crippen molar-refractivity contribution >= 4 is 17.5 Å². The molecular weight excluding hydrogens is 439 g/mol. The first kappa shape index (κ1) is 23.5. The van der Waals surface area contributed by atoms with Gasteiger partial charge in [0.1, 0.15) is 17.3 Å². The lowest BCUT2D eigenvalue weighted by atomic mass is 9.74. The Morgan fingerprint density at radius 2 is 1.76 bits per heavy atom. The molecule has 1 fully saturated rings. The Balaban J connectivity index is 1.40. The molecule has 0 unspecified atom stereocenters. The summed E-state index contributed by atoms with van der Waals surface area (Å²) in [6, 6.07) is 16.1. The average molecular weight is 469 g/mol. The molecule has 0 bridgehead atoms. The summed E-state index contributed by atoms with van der Waals surface area (Å²) in [5, 5.41) is 3.87. The number of carbonyl (C=O) groups excluding carboxylic acids is 1. The van der Waals surface area contributed by atoms with Gasteiger partial charge in [0.05, 0.1) is 5.56 Å². The Kier molecular flexibility index (Phi) is 6.91. The molecule has 0 spiro atoms. The van der Waals surface area contributed by atoms with Crippen molar-refractivity contribution in [1.82, 2.24) is 10.2 Å². The molecule has 1 aliphatic rings. The molecule has 4 rings (SSSR count). The topological polar surface area (TPSA) is 45.5 Å². The van der Waals surface area contributed by atoms with Gasteiger partial charge in [-0.1, -0.05) is 23.7 Å². The Labute approximate surface area is 199 Å². The number of nitrogens with one attached hydrogen (secondary N) is 1. The highest BCUT2D eigenvalue weighted by Gasteiger charge is 2.38. The van der Waals surface area contributed by atoms with Crippen LogP contribution in [0.15, 0.2) is 59.0 Å². The molecule has 1 heterocycles. The van der Waals surface area contributed by atoms with E-state index in [9.17, 15) is 9.18 Å². The van der Waals surface area contributed by atoms with E-state index in [4.69, 9.17) is 16.0 Å². The van der Waals surface area contributed by atoms with Crippen molar-refractivity contribution in [2.45, 2.75) is 50.6 Å². The Morgan fingerprint density at radius 1 is 1.12 bits per heavy atom. The zero-order valence-corrected chi connectivity index (χ0v) is 20.1. The molecule has 1 N–H and O–H groups in total. The van der Waals surface area contributed by atoms with Crippen molar-refractivity contribution in [2.24, 2.45) is 0 Å². The number of likely N-dealkylation sites (N-methyl/N-ethyl adjacent to an activating group) is 1. The molecule has 33 heavy (non-hydrogen) atoms. The second-order valence-electron chi connectivity index (χ2n) is 9.26. The van der Waals surface area contributed by atoms with Crippen LogP contribution in [0, 0.1) is 12.7 Å². The predicted molar refractivity (Wildman–Crippen MR) is 130 cm³/mol. The van der Waals surface area contributed by atoms with Gasteiger partial charge in [0, 0.05) is 22.2 Å². The lowest BCUT2D eigenvalue weighted by molar-refractivity contribution is 0.0768. The number of amides is 1. The van der Waals surface area contributed by atoms with Crippen molar-refractivity contribution in [3.63, 3.8) is 0 Å². The van der Waals surface area contributed by atoms with E-state index in [1.807, 2.05) is 31.2 Å². The number of rotatable bonds is 6. The molecule has 6 heteroatoms. The van der Waals surface area contributed by atoms with Gasteiger partial charge in [-0.05, 0) is 101 Å². The fraction of sp³-hybridized carbons (Fsp3) is 0.370. The van der Waals surface area contributed by atoms with Crippen LogP contribution in [-0.2, 0) is 6.42 Å². The van der Waals surface area contributed by atoms with Gasteiger partial charge in [-0.15, -0.1) is 0 Å². The Morgan fingerprint density at radius 3 is 2.36 bits per heavy atom. The van der Waals surface area contributed by atoms with Gasteiger partial charge in [-0.25, -0.2) is 4.39 Å². The first-order chi connectivity index (χ1) is 15.8. The second kappa shape index (κ2) is 9.70. The van der Waals surface area contributed by atoms with Crippen LogP contribution in [0.3, 0.4) is 0 Å². The number of hydrogen-bond donors (Lipinski definition) is 1. The lowest BCUT2D eigenvalue weighted by Gasteiger charge is -2.45. The number of aryl methyl sites for hydroxylation is 1. The third-order valence-electron chi connectivity index (χ3n) is 6.94. The largest absolute Gasteiger partial charge is 0.461 e. The van der Waals surface area contributed by atoms with E-state index < -0.39 is 0 Å². The molecule has 0 radical (unpaired) electrons. The molecule has 174 valence electrons. The van der Waals surface area contributed by atoms with Gasteiger partial charge in [-0.3, -0.25) is 4.79 Å². The minimum Gasteiger partial charge on any atom is -0.461 e. The van der Waals surface area contributed by atoms with Crippen LogP contribution in [0.5, 0.6) is 0 Å². The molecule has 1 saturated carbocycles. The molecule has 1 aromatic heterocycles. The quantitative estimate of drug-likeness (QED) is 0.464. The summed E-state index contributed by atoms with van der Waals surface area (Å²) in [5.74, 6) is 0.950. The van der Waals surface area contributed by atoms with E-state index in [-0.39, 0.29) is 23.3 Å². The number of carbonyl (C=O) groups is 1. The van der Waals surface area contributed by atoms with Gasteiger partial charge in [0.2, 0.25) is 0 Å². The molecule has 2 aromatic carbocycles. The first-order valence-electron chi connectivity index (χ1n) is 11.3. The van der Waals surface area contributed by atoms with E-state index in [1.54, 1.807) is 18.2 Å². The van der Waals surface area contributed by atoms with E-state index in [2.05, 4.69) is 24.3 Å². The second-order valence-corrected chi connectivity index (χ2v) is 9.69. The van der Waals surface area contributed by atoms with Gasteiger partial charge >= 0.3 is 0 Å². The lowest BCUT2D eigenvalue weighted by Crippen LogP contribution is -2.52. The van der Waals surface area contributed by atoms with Gasteiger partial charge in [0.25, 0.3) is 5.91 Å². The average Bonchev–Trinajstić information content (AvgIpc) is 3.19. The summed E-state index contributed by atoms with van der Waals surface area (Å²) in [4.78, 5) is 15.3. The predicted octanol–water partition coefficient (Wildman–Crippen LogP) is 6.26. The van der Waals surface area contributed by atoms with Crippen LogP contribution in [-0.4, -0.2) is 36.5 Å². The zero-order valence-electron chi connectivity index (χ0n) is 19.3. The van der Waals surface area contributed by atoms with Gasteiger partial charge in [0.15, 0.2) is 0 Å². The third kappa shape index (κ3) is 5.31. The van der Waals surface area contributed by atoms with E-state index in [1.165, 1.54) is 12.1 Å². The first-order valence-corrected chi connectivity index (χ1v) is 11.7. The van der Waals surface area contributed by atoms with Crippen molar-refractivity contribution in [1.29, 1.82) is 0 Å². The molecular formula is C27H30ClFN2O2. The molecule has 1 amide bonds. The van der Waals surface area contributed by atoms with Crippen molar-refractivity contribution in [3.05, 3.63) is 82.3 Å². The van der Waals surface area contributed by atoms with E-state index in [0.29, 0.717) is 22.1 Å².